The van der Waals surface area contributed by atoms with Crippen molar-refractivity contribution in [2.24, 2.45) is 7.05 Å². The number of fused-ring (bicyclic) bond motifs is 1. The minimum atomic E-state index is -0.550. The largest absolute Gasteiger partial charge is 0.370 e. The van der Waals surface area contributed by atoms with Gasteiger partial charge in [-0.2, -0.15) is 0 Å². The molecule has 168 valence electrons. The average Bonchev–Trinajstić information content (AvgIpc) is 2.82. The normalized spacial score (nSPS) is 16.4. The summed E-state index contributed by atoms with van der Waals surface area (Å²) in [6, 6.07) is 9.97. The predicted molar refractivity (Wildman–Crippen MR) is 125 cm³/mol. The standard InChI is InChI=1S/C24H21ClFN5O2/c1-14-28-19-11-21(31-8-9-33-20(13-31)15-4-3-7-27-12-15)29-23(22(19)24(32)30(14)2)17-6-5-16(25)10-18(17)26/h3-7,10-12,20H,8-9,13H2,1-2H3. The highest BCUT2D eigenvalue weighted by molar-refractivity contribution is 6.30. The van der Waals surface area contributed by atoms with Gasteiger partial charge in [0.1, 0.15) is 23.6 Å². The molecule has 0 bridgehead atoms. The van der Waals surface area contributed by atoms with Crippen LogP contribution in [-0.4, -0.2) is 39.2 Å². The van der Waals surface area contributed by atoms with Crippen LogP contribution in [0.2, 0.25) is 5.02 Å². The first-order valence-corrected chi connectivity index (χ1v) is 10.9. The van der Waals surface area contributed by atoms with Crippen molar-refractivity contribution in [2.45, 2.75) is 13.0 Å². The number of aryl methyl sites for hydroxylation is 1. The van der Waals surface area contributed by atoms with Gasteiger partial charge in [-0.3, -0.25) is 14.3 Å². The van der Waals surface area contributed by atoms with Crippen molar-refractivity contribution in [1.82, 2.24) is 19.5 Å². The first-order valence-electron chi connectivity index (χ1n) is 10.5. The maximum Gasteiger partial charge on any atom is 0.263 e. The van der Waals surface area contributed by atoms with Crippen molar-refractivity contribution in [3.05, 3.63) is 81.4 Å². The summed E-state index contributed by atoms with van der Waals surface area (Å²) in [5.74, 6) is 0.609. The zero-order chi connectivity index (χ0) is 23.1. The molecule has 0 saturated carbocycles. The lowest BCUT2D eigenvalue weighted by molar-refractivity contribution is 0.0393. The molecular formula is C24H21ClFN5O2. The number of hydrogen-bond acceptors (Lipinski definition) is 6. The molecule has 1 fully saturated rings. The first-order chi connectivity index (χ1) is 15.9. The minimum Gasteiger partial charge on any atom is -0.370 e. The summed E-state index contributed by atoms with van der Waals surface area (Å²) in [7, 11) is 1.64. The van der Waals surface area contributed by atoms with Crippen molar-refractivity contribution in [1.29, 1.82) is 0 Å². The number of rotatable bonds is 3. The van der Waals surface area contributed by atoms with E-state index < -0.39 is 5.82 Å². The molecule has 1 atom stereocenters. The summed E-state index contributed by atoms with van der Waals surface area (Å²) in [4.78, 5) is 28.8. The van der Waals surface area contributed by atoms with Crippen LogP contribution in [0.1, 0.15) is 17.5 Å². The van der Waals surface area contributed by atoms with E-state index in [-0.39, 0.29) is 33.3 Å². The second-order valence-corrected chi connectivity index (χ2v) is 8.40. The number of benzene rings is 1. The van der Waals surface area contributed by atoms with Crippen molar-refractivity contribution in [3.63, 3.8) is 0 Å². The second-order valence-electron chi connectivity index (χ2n) is 7.96. The van der Waals surface area contributed by atoms with Crippen molar-refractivity contribution in [3.8, 4) is 11.3 Å². The Morgan fingerprint density at radius 1 is 1.21 bits per heavy atom. The smallest absolute Gasteiger partial charge is 0.263 e. The highest BCUT2D eigenvalue weighted by Gasteiger charge is 2.25. The SMILES string of the molecule is Cc1nc2cc(N3CCOC(c4cccnc4)C3)nc(-c3ccc(Cl)cc3F)c2c(=O)n1C. The molecule has 0 N–H and O–H groups in total. The van der Waals surface area contributed by atoms with E-state index in [0.29, 0.717) is 36.9 Å². The van der Waals surface area contributed by atoms with Crippen LogP contribution >= 0.6 is 11.6 Å². The minimum absolute atomic E-state index is 0.181. The molecule has 0 radical (unpaired) electrons. The lowest BCUT2D eigenvalue weighted by atomic mass is 10.1. The summed E-state index contributed by atoms with van der Waals surface area (Å²) < 4.78 is 22.3. The van der Waals surface area contributed by atoms with Gasteiger partial charge in [-0.25, -0.2) is 14.4 Å². The third-order valence-electron chi connectivity index (χ3n) is 5.90. The summed E-state index contributed by atoms with van der Waals surface area (Å²) in [5, 5.41) is 0.538. The van der Waals surface area contributed by atoms with Crippen LogP contribution in [0.3, 0.4) is 0 Å². The number of anilines is 1. The summed E-state index contributed by atoms with van der Waals surface area (Å²) in [6.45, 7) is 3.39. The van der Waals surface area contributed by atoms with Gasteiger partial charge in [-0.15, -0.1) is 0 Å². The van der Waals surface area contributed by atoms with E-state index in [9.17, 15) is 9.18 Å². The van der Waals surface area contributed by atoms with Crippen molar-refractivity contribution >= 4 is 28.3 Å². The Bertz CT molecular complexity index is 1410. The van der Waals surface area contributed by atoms with Gasteiger partial charge >= 0.3 is 0 Å². The van der Waals surface area contributed by atoms with E-state index in [0.717, 1.165) is 5.56 Å². The lowest BCUT2D eigenvalue weighted by Gasteiger charge is -2.34. The molecule has 33 heavy (non-hydrogen) atoms. The number of ether oxygens (including phenoxy) is 1. The van der Waals surface area contributed by atoms with Crippen LogP contribution in [0.4, 0.5) is 10.2 Å². The van der Waals surface area contributed by atoms with Crippen LogP contribution in [0, 0.1) is 12.7 Å². The van der Waals surface area contributed by atoms with E-state index in [2.05, 4.69) is 14.9 Å². The van der Waals surface area contributed by atoms with Gasteiger partial charge in [-0.05, 0) is 31.2 Å². The monoisotopic (exact) mass is 465 g/mol. The van der Waals surface area contributed by atoms with Gasteiger partial charge in [0.15, 0.2) is 0 Å². The van der Waals surface area contributed by atoms with Crippen LogP contribution < -0.4 is 10.5 Å². The average molecular weight is 466 g/mol. The Morgan fingerprint density at radius 3 is 2.82 bits per heavy atom. The van der Waals surface area contributed by atoms with Crippen LogP contribution in [0.5, 0.6) is 0 Å². The molecule has 5 rings (SSSR count). The highest BCUT2D eigenvalue weighted by atomic mass is 35.5. The fourth-order valence-electron chi connectivity index (χ4n) is 4.05. The number of aromatic nitrogens is 4. The van der Waals surface area contributed by atoms with E-state index in [1.54, 1.807) is 44.6 Å². The highest BCUT2D eigenvalue weighted by Crippen LogP contribution is 2.32. The Labute approximate surface area is 194 Å². The molecule has 0 aliphatic carbocycles. The van der Waals surface area contributed by atoms with Crippen molar-refractivity contribution in [2.75, 3.05) is 24.6 Å². The molecular weight excluding hydrogens is 445 g/mol. The van der Waals surface area contributed by atoms with E-state index in [4.69, 9.17) is 21.3 Å². The number of pyridine rings is 2. The second kappa shape index (κ2) is 8.53. The molecule has 0 spiro atoms. The molecule has 9 heteroatoms. The Morgan fingerprint density at radius 2 is 2.06 bits per heavy atom. The fourth-order valence-corrected chi connectivity index (χ4v) is 4.20. The number of hydrogen-bond donors (Lipinski definition) is 0. The van der Waals surface area contributed by atoms with Crippen LogP contribution in [-0.2, 0) is 11.8 Å². The molecule has 7 nitrogen and oxygen atoms in total. The molecule has 1 aliphatic heterocycles. The van der Waals surface area contributed by atoms with E-state index in [1.807, 2.05) is 12.1 Å². The maximum absolute atomic E-state index is 14.9. The molecule has 1 aromatic carbocycles. The molecule has 4 heterocycles. The van der Waals surface area contributed by atoms with Gasteiger partial charge < -0.3 is 9.64 Å². The zero-order valence-corrected chi connectivity index (χ0v) is 18.9. The Balaban J connectivity index is 1.67. The summed E-state index contributed by atoms with van der Waals surface area (Å²) >= 11 is 5.96. The first kappa shape index (κ1) is 21.5. The molecule has 1 saturated heterocycles. The quantitative estimate of drug-likeness (QED) is 0.454. The van der Waals surface area contributed by atoms with Crippen LogP contribution in [0.25, 0.3) is 22.2 Å². The van der Waals surface area contributed by atoms with E-state index >= 15 is 0 Å². The number of halogens is 2. The number of nitrogens with zero attached hydrogens (tertiary/aromatic N) is 5. The summed E-state index contributed by atoms with van der Waals surface area (Å²) in [5.41, 5.74) is 1.60. The third-order valence-corrected chi connectivity index (χ3v) is 6.14. The summed E-state index contributed by atoms with van der Waals surface area (Å²) in [6.07, 6.45) is 3.32. The van der Waals surface area contributed by atoms with E-state index in [1.165, 1.54) is 10.6 Å². The fraction of sp³-hybridized carbons (Fsp3) is 0.250. The number of morpholine rings is 1. The van der Waals surface area contributed by atoms with Gasteiger partial charge in [0.25, 0.3) is 5.56 Å². The van der Waals surface area contributed by atoms with Gasteiger partial charge in [-0.1, -0.05) is 17.7 Å². The molecule has 0 amide bonds. The predicted octanol–water partition coefficient (Wildman–Crippen LogP) is 4.07. The van der Waals surface area contributed by atoms with Crippen LogP contribution in [0.15, 0.2) is 53.6 Å². The molecule has 1 unspecified atom stereocenters. The zero-order valence-electron chi connectivity index (χ0n) is 18.1. The molecule has 3 aromatic heterocycles. The maximum atomic E-state index is 14.9. The Kier molecular flexibility index (Phi) is 5.55. The van der Waals surface area contributed by atoms with Gasteiger partial charge in [0.2, 0.25) is 0 Å². The molecule has 4 aromatic rings. The van der Waals surface area contributed by atoms with Gasteiger partial charge in [0, 0.05) is 54.7 Å². The Hall–Kier alpha value is -3.36. The molecule has 1 aliphatic rings. The van der Waals surface area contributed by atoms with Crippen molar-refractivity contribution < 1.29 is 9.13 Å². The topological polar surface area (TPSA) is 73.1 Å². The lowest BCUT2D eigenvalue weighted by Crippen LogP contribution is -2.39. The third kappa shape index (κ3) is 3.96. The van der Waals surface area contributed by atoms with Gasteiger partial charge in [0.05, 0.1) is 23.2 Å².